The van der Waals surface area contributed by atoms with Crippen LogP contribution in [0, 0.1) is 5.82 Å². The van der Waals surface area contributed by atoms with Crippen LogP contribution >= 0.6 is 0 Å². The van der Waals surface area contributed by atoms with Crippen LogP contribution in [-0.4, -0.2) is 27.6 Å². The number of nitrogens with zero attached hydrogens (tertiary/aromatic N) is 4. The van der Waals surface area contributed by atoms with Gasteiger partial charge in [0.2, 0.25) is 5.88 Å². The van der Waals surface area contributed by atoms with Crippen LogP contribution in [0.3, 0.4) is 0 Å². The minimum Gasteiger partial charge on any atom is -0.473 e. The Morgan fingerprint density at radius 2 is 1.97 bits per heavy atom. The average molecular weight is 450 g/mol. The first-order valence-electron chi connectivity index (χ1n) is 9.58. The van der Waals surface area contributed by atoms with Crippen molar-refractivity contribution in [3.05, 3.63) is 70.2 Å². The zero-order valence-corrected chi connectivity index (χ0v) is 17.1. The van der Waals surface area contributed by atoms with E-state index in [-0.39, 0.29) is 30.0 Å². The molecule has 1 atom stereocenters. The lowest BCUT2D eigenvalue weighted by Crippen LogP contribution is -2.23. The molecule has 32 heavy (non-hydrogen) atoms. The molecule has 0 saturated carbocycles. The Hall–Kier alpha value is -3.63. The van der Waals surface area contributed by atoms with E-state index in [1.807, 2.05) is 18.9 Å². The quantitative estimate of drug-likeness (QED) is 0.548. The molecule has 3 aromatic rings. The lowest BCUT2D eigenvalue weighted by molar-refractivity contribution is -0.137. The van der Waals surface area contributed by atoms with Gasteiger partial charge >= 0.3 is 11.9 Å². The normalized spacial score (nSPS) is 15.6. The first-order valence-corrected chi connectivity index (χ1v) is 9.58. The summed E-state index contributed by atoms with van der Waals surface area (Å²) >= 11 is 0. The van der Waals surface area contributed by atoms with Crippen LogP contribution in [0.2, 0.25) is 0 Å². The van der Waals surface area contributed by atoms with Crippen molar-refractivity contribution in [3.8, 4) is 17.4 Å². The maximum atomic E-state index is 14.4. The standard InChI is InChI=1S/C21H18F4N4O3/c1-12-10-29-19(28(12)2)7-18(27-20(29)30)31-11-13-3-4-17(16(22)5-13)32-15-6-14(8-26-9-15)21(23,24)25/h3-9,12H,10-11H2,1-2H3/t12-/m0/s1. The molecule has 0 unspecified atom stereocenters. The van der Waals surface area contributed by atoms with Crippen LogP contribution in [0.4, 0.5) is 23.4 Å². The SMILES string of the molecule is C[C@H]1Cn2c(cc(OCc3ccc(Oc4cncc(C(F)(F)F)c4)c(F)c3)nc2=O)N1C. The lowest BCUT2D eigenvalue weighted by atomic mass is 10.2. The predicted molar refractivity (Wildman–Crippen MR) is 106 cm³/mol. The highest BCUT2D eigenvalue weighted by Crippen LogP contribution is 2.32. The second kappa shape index (κ2) is 8.13. The van der Waals surface area contributed by atoms with Gasteiger partial charge in [-0.1, -0.05) is 6.07 Å². The summed E-state index contributed by atoms with van der Waals surface area (Å²) in [6, 6.07) is 6.42. The average Bonchev–Trinajstić information content (AvgIpc) is 3.03. The lowest BCUT2D eigenvalue weighted by Gasteiger charge is -2.16. The third kappa shape index (κ3) is 4.36. The van der Waals surface area contributed by atoms with Gasteiger partial charge in [-0.25, -0.2) is 9.18 Å². The van der Waals surface area contributed by atoms with Gasteiger partial charge in [0.25, 0.3) is 0 Å². The van der Waals surface area contributed by atoms with Crippen molar-refractivity contribution >= 4 is 5.82 Å². The highest BCUT2D eigenvalue weighted by molar-refractivity contribution is 5.45. The Morgan fingerprint density at radius 1 is 1.19 bits per heavy atom. The molecule has 3 heterocycles. The number of pyridine rings is 1. The van der Waals surface area contributed by atoms with Gasteiger partial charge in [0.05, 0.1) is 11.8 Å². The molecule has 0 spiro atoms. The van der Waals surface area contributed by atoms with Gasteiger partial charge in [-0.05, 0) is 30.7 Å². The Morgan fingerprint density at radius 3 is 2.69 bits per heavy atom. The molecule has 4 rings (SSSR count). The topological polar surface area (TPSA) is 69.5 Å². The molecule has 0 radical (unpaired) electrons. The van der Waals surface area contributed by atoms with E-state index in [9.17, 15) is 22.4 Å². The molecule has 0 amide bonds. The van der Waals surface area contributed by atoms with Gasteiger partial charge in [0, 0.05) is 31.9 Å². The summed E-state index contributed by atoms with van der Waals surface area (Å²) in [6.45, 7) is 2.44. The number of hydrogen-bond acceptors (Lipinski definition) is 6. The second-order valence-electron chi connectivity index (χ2n) is 7.37. The van der Waals surface area contributed by atoms with Gasteiger partial charge in [-0.2, -0.15) is 18.2 Å². The Balaban J connectivity index is 1.46. The zero-order valence-electron chi connectivity index (χ0n) is 17.1. The zero-order chi connectivity index (χ0) is 23.0. The van der Waals surface area contributed by atoms with Crippen molar-refractivity contribution in [1.82, 2.24) is 14.5 Å². The van der Waals surface area contributed by atoms with E-state index >= 15 is 0 Å². The van der Waals surface area contributed by atoms with E-state index in [2.05, 4.69) is 9.97 Å². The largest absolute Gasteiger partial charge is 0.473 e. The Labute approximate surface area is 179 Å². The van der Waals surface area contributed by atoms with Crippen LogP contribution in [0.5, 0.6) is 17.4 Å². The maximum absolute atomic E-state index is 14.4. The third-order valence-electron chi connectivity index (χ3n) is 5.09. The monoisotopic (exact) mass is 450 g/mol. The van der Waals surface area contributed by atoms with Crippen LogP contribution in [0.15, 0.2) is 47.5 Å². The number of aromatic nitrogens is 3. The van der Waals surface area contributed by atoms with Crippen molar-refractivity contribution in [2.45, 2.75) is 32.3 Å². The van der Waals surface area contributed by atoms with Crippen LogP contribution in [0.1, 0.15) is 18.1 Å². The summed E-state index contributed by atoms with van der Waals surface area (Å²) in [5.74, 6) is -0.516. The van der Waals surface area contributed by atoms with Gasteiger partial charge in [-0.3, -0.25) is 9.55 Å². The van der Waals surface area contributed by atoms with E-state index < -0.39 is 23.2 Å². The molecular weight excluding hydrogens is 432 g/mol. The molecule has 0 fully saturated rings. The third-order valence-corrected chi connectivity index (χ3v) is 5.09. The molecule has 1 aromatic carbocycles. The number of alkyl halides is 3. The fourth-order valence-electron chi connectivity index (χ4n) is 3.25. The maximum Gasteiger partial charge on any atom is 0.418 e. The van der Waals surface area contributed by atoms with Crippen molar-refractivity contribution in [2.24, 2.45) is 0 Å². The fourth-order valence-corrected chi connectivity index (χ4v) is 3.25. The molecule has 168 valence electrons. The van der Waals surface area contributed by atoms with Crippen molar-refractivity contribution in [1.29, 1.82) is 0 Å². The van der Waals surface area contributed by atoms with Gasteiger partial charge in [0.1, 0.15) is 18.2 Å². The molecule has 0 N–H and O–H groups in total. The van der Waals surface area contributed by atoms with E-state index in [0.29, 0.717) is 24.1 Å². The number of fused-ring (bicyclic) bond motifs is 1. The number of likely N-dealkylation sites (N-methyl/N-ethyl adjacent to an activating group) is 1. The summed E-state index contributed by atoms with van der Waals surface area (Å²) in [6.07, 6.45) is -2.88. The summed E-state index contributed by atoms with van der Waals surface area (Å²) in [5.41, 5.74) is -1.02. The van der Waals surface area contributed by atoms with Crippen molar-refractivity contribution in [2.75, 3.05) is 11.9 Å². The van der Waals surface area contributed by atoms with Crippen LogP contribution < -0.4 is 20.1 Å². The van der Waals surface area contributed by atoms with Crippen molar-refractivity contribution < 1.29 is 27.0 Å². The smallest absolute Gasteiger partial charge is 0.418 e. The fraction of sp³-hybridized carbons (Fsp3) is 0.286. The van der Waals surface area contributed by atoms with E-state index in [0.717, 1.165) is 18.3 Å². The van der Waals surface area contributed by atoms with Gasteiger partial charge in [0.15, 0.2) is 11.6 Å². The second-order valence-corrected chi connectivity index (χ2v) is 7.37. The molecule has 0 aliphatic carbocycles. The first-order chi connectivity index (χ1) is 15.1. The van der Waals surface area contributed by atoms with Gasteiger partial charge < -0.3 is 14.4 Å². The van der Waals surface area contributed by atoms with E-state index in [1.54, 1.807) is 10.6 Å². The highest BCUT2D eigenvalue weighted by atomic mass is 19.4. The van der Waals surface area contributed by atoms with E-state index in [1.165, 1.54) is 12.1 Å². The molecule has 2 aromatic heterocycles. The minimum atomic E-state index is -4.59. The number of benzene rings is 1. The molecular formula is C21H18F4N4O3. The van der Waals surface area contributed by atoms with Gasteiger partial charge in [-0.15, -0.1) is 0 Å². The molecule has 1 aliphatic rings. The predicted octanol–water partition coefficient (Wildman–Crippen LogP) is 4.01. The Bertz CT molecular complexity index is 1210. The highest BCUT2D eigenvalue weighted by Gasteiger charge is 2.31. The summed E-state index contributed by atoms with van der Waals surface area (Å²) in [4.78, 5) is 21.5. The van der Waals surface area contributed by atoms with Crippen LogP contribution in [0.25, 0.3) is 0 Å². The number of ether oxygens (including phenoxy) is 2. The Kier molecular flexibility index (Phi) is 5.49. The molecule has 1 aliphatic heterocycles. The number of halogens is 4. The number of rotatable bonds is 5. The molecule has 11 heteroatoms. The van der Waals surface area contributed by atoms with E-state index in [4.69, 9.17) is 9.47 Å². The van der Waals surface area contributed by atoms with Crippen LogP contribution in [-0.2, 0) is 19.3 Å². The molecule has 0 saturated heterocycles. The number of anilines is 1. The number of hydrogen-bond donors (Lipinski definition) is 0. The summed E-state index contributed by atoms with van der Waals surface area (Å²) in [5, 5.41) is 0. The molecule has 7 nitrogen and oxygen atoms in total. The molecule has 0 bridgehead atoms. The minimum absolute atomic E-state index is 0.0719. The first kappa shape index (κ1) is 21.6. The summed E-state index contributed by atoms with van der Waals surface area (Å²) < 4.78 is 65.1. The summed E-state index contributed by atoms with van der Waals surface area (Å²) in [7, 11) is 1.86. The van der Waals surface area contributed by atoms with Crippen molar-refractivity contribution in [3.63, 3.8) is 0 Å².